The highest BCUT2D eigenvalue weighted by molar-refractivity contribution is 8.77. The Morgan fingerprint density at radius 1 is 1.27 bits per heavy atom. The molecule has 8 heteroatoms. The fraction of sp³-hybridized carbons (Fsp3) is 0.818. The first-order chi connectivity index (χ1) is 14.1. The van der Waals surface area contributed by atoms with Crippen LogP contribution in [0.25, 0.3) is 0 Å². The van der Waals surface area contributed by atoms with Gasteiger partial charge in [0.2, 0.25) is 0 Å². The molecule has 1 aromatic rings. The molecule has 0 bridgehead atoms. The van der Waals surface area contributed by atoms with E-state index in [-0.39, 0.29) is 17.0 Å². The van der Waals surface area contributed by atoms with Gasteiger partial charge in [0.05, 0.1) is 11.4 Å². The molecule has 0 amide bonds. The molecule has 0 aromatic carbocycles. The van der Waals surface area contributed by atoms with E-state index in [0.717, 1.165) is 43.5 Å². The minimum absolute atomic E-state index is 0.129. The van der Waals surface area contributed by atoms with Crippen LogP contribution in [0.5, 0.6) is 0 Å². The van der Waals surface area contributed by atoms with Gasteiger partial charge in [0.25, 0.3) is 0 Å². The zero-order valence-electron chi connectivity index (χ0n) is 19.3. The van der Waals surface area contributed by atoms with E-state index in [0.29, 0.717) is 11.7 Å². The number of aryl methyl sites for hydroxylation is 2. The number of piperidine rings is 1. The second kappa shape index (κ2) is 9.84. The Balaban J connectivity index is 1.71. The van der Waals surface area contributed by atoms with Crippen molar-refractivity contribution in [3.63, 3.8) is 0 Å². The Kier molecular flexibility index (Phi) is 7.86. The summed E-state index contributed by atoms with van der Waals surface area (Å²) in [7, 11) is 3.94. The molecule has 0 aliphatic carbocycles. The summed E-state index contributed by atoms with van der Waals surface area (Å²) in [5, 5.41) is 7.03. The molecular formula is C22H37N3O3S2. The summed E-state index contributed by atoms with van der Waals surface area (Å²) in [6, 6.07) is 1.90. The maximum absolute atomic E-state index is 13.2. The van der Waals surface area contributed by atoms with Crippen molar-refractivity contribution in [3.05, 3.63) is 17.5 Å². The van der Waals surface area contributed by atoms with Crippen LogP contribution in [-0.2, 0) is 9.63 Å². The Labute approximate surface area is 189 Å². The number of hydrogen-bond acceptors (Lipinski definition) is 7. The second-order valence-corrected chi connectivity index (χ2v) is 12.6. The van der Waals surface area contributed by atoms with Gasteiger partial charge >= 0.3 is 5.97 Å². The van der Waals surface area contributed by atoms with Crippen LogP contribution >= 0.6 is 21.6 Å². The molecule has 6 nitrogen and oxygen atoms in total. The summed E-state index contributed by atoms with van der Waals surface area (Å²) in [6.45, 7) is 12.6. The molecule has 2 unspecified atom stereocenters. The predicted molar refractivity (Wildman–Crippen MR) is 124 cm³/mol. The first-order valence-corrected chi connectivity index (χ1v) is 13.5. The van der Waals surface area contributed by atoms with Gasteiger partial charge in [0.15, 0.2) is 6.10 Å². The molecule has 2 fully saturated rings. The third kappa shape index (κ3) is 5.96. The van der Waals surface area contributed by atoms with Crippen molar-refractivity contribution < 1.29 is 14.5 Å². The number of rotatable bonds is 8. The largest absolute Gasteiger partial charge is 0.365 e. The fourth-order valence-corrected chi connectivity index (χ4v) is 7.57. The summed E-state index contributed by atoms with van der Waals surface area (Å²) in [5.41, 5.74) is 1.37. The van der Waals surface area contributed by atoms with E-state index in [9.17, 15) is 4.79 Å². The Morgan fingerprint density at radius 2 is 1.97 bits per heavy atom. The smallest absolute Gasteiger partial charge is 0.316 e. The molecule has 0 spiro atoms. The van der Waals surface area contributed by atoms with Crippen LogP contribution in [0.15, 0.2) is 6.07 Å². The third-order valence-corrected chi connectivity index (χ3v) is 9.04. The van der Waals surface area contributed by atoms with E-state index >= 15 is 0 Å². The number of carbonyl (C=O) groups is 1. The van der Waals surface area contributed by atoms with Crippen LogP contribution in [0, 0.1) is 13.8 Å². The van der Waals surface area contributed by atoms with Gasteiger partial charge < -0.3 is 4.84 Å². The molecule has 3 heterocycles. The zero-order valence-corrected chi connectivity index (χ0v) is 20.9. The first kappa shape index (κ1) is 24.0. The molecule has 2 aliphatic rings. The van der Waals surface area contributed by atoms with Crippen LogP contribution in [0.1, 0.15) is 84.0 Å². The molecule has 3 rings (SSSR count). The monoisotopic (exact) mass is 455 g/mol. The lowest BCUT2D eigenvalue weighted by Crippen LogP contribution is -2.60. The number of carbonyl (C=O) groups excluding carboxylic acids is 1. The van der Waals surface area contributed by atoms with Gasteiger partial charge in [-0.3, -0.25) is 4.84 Å². The standard InChI is InChI=1S/C22H37N3O3S2/c1-16-15-17(2)24(23-16)28-20(26)19(10-7-9-18-11-14-29-30-18)27-25-21(3,4)12-8-13-22(25,5)6/h15,18-19H,7-14H2,1-6H3. The van der Waals surface area contributed by atoms with Crippen molar-refractivity contribution in [2.75, 3.05) is 5.75 Å². The van der Waals surface area contributed by atoms with E-state index in [2.05, 4.69) is 37.9 Å². The maximum atomic E-state index is 13.2. The topological polar surface area (TPSA) is 56.6 Å². The highest BCUT2D eigenvalue weighted by Crippen LogP contribution is 2.41. The summed E-state index contributed by atoms with van der Waals surface area (Å²) < 4.78 is 0. The molecule has 0 N–H and O–H groups in total. The molecular weight excluding hydrogens is 418 g/mol. The first-order valence-electron chi connectivity index (χ1n) is 11.1. The van der Waals surface area contributed by atoms with Crippen molar-refractivity contribution in [3.8, 4) is 0 Å². The van der Waals surface area contributed by atoms with Crippen LogP contribution in [0.4, 0.5) is 0 Å². The average molecular weight is 456 g/mol. The predicted octanol–water partition coefficient (Wildman–Crippen LogP) is 5.12. The van der Waals surface area contributed by atoms with Crippen molar-refractivity contribution in [2.45, 2.75) is 109 Å². The van der Waals surface area contributed by atoms with Crippen molar-refractivity contribution >= 4 is 27.6 Å². The molecule has 0 saturated carbocycles. The zero-order chi connectivity index (χ0) is 21.9. The number of hydroxylamine groups is 2. The van der Waals surface area contributed by atoms with Gasteiger partial charge in [0.1, 0.15) is 0 Å². The molecule has 2 atom stereocenters. The molecule has 0 radical (unpaired) electrons. The SMILES string of the molecule is Cc1cc(C)n(OC(=O)C(CCCC2CCSS2)ON2C(C)(C)CCCC2(C)C)n1. The average Bonchev–Trinajstić information content (AvgIpc) is 3.25. The molecule has 1 aromatic heterocycles. The van der Waals surface area contributed by atoms with Crippen LogP contribution in [0.2, 0.25) is 0 Å². The van der Waals surface area contributed by atoms with Gasteiger partial charge in [-0.1, -0.05) is 26.4 Å². The van der Waals surface area contributed by atoms with Crippen molar-refractivity contribution in [1.29, 1.82) is 0 Å². The van der Waals surface area contributed by atoms with E-state index in [1.165, 1.54) is 17.0 Å². The highest BCUT2D eigenvalue weighted by atomic mass is 33.1. The van der Waals surface area contributed by atoms with Crippen LogP contribution in [-0.4, -0.2) is 49.2 Å². The number of nitrogens with zero attached hydrogens (tertiary/aromatic N) is 3. The molecule has 2 saturated heterocycles. The van der Waals surface area contributed by atoms with E-state index in [1.54, 1.807) is 0 Å². The van der Waals surface area contributed by atoms with Crippen LogP contribution < -0.4 is 4.84 Å². The van der Waals surface area contributed by atoms with Gasteiger partial charge in [0, 0.05) is 22.1 Å². The van der Waals surface area contributed by atoms with Gasteiger partial charge in [-0.15, -0.1) is 5.10 Å². The molecule has 2 aliphatic heterocycles. The lowest BCUT2D eigenvalue weighted by Gasteiger charge is -2.52. The fourth-order valence-electron chi connectivity index (χ4n) is 4.54. The van der Waals surface area contributed by atoms with Crippen molar-refractivity contribution in [1.82, 2.24) is 15.0 Å². The number of hydrogen-bond donors (Lipinski definition) is 0. The van der Waals surface area contributed by atoms with Crippen molar-refractivity contribution in [2.24, 2.45) is 0 Å². The Bertz CT molecular complexity index is 713. The van der Waals surface area contributed by atoms with Gasteiger partial charge in [-0.25, -0.2) is 4.79 Å². The normalized spacial score (nSPS) is 24.7. The van der Waals surface area contributed by atoms with E-state index in [1.807, 2.05) is 41.5 Å². The second-order valence-electron chi connectivity index (χ2n) is 9.84. The van der Waals surface area contributed by atoms with E-state index in [4.69, 9.17) is 9.68 Å². The molecule has 30 heavy (non-hydrogen) atoms. The summed E-state index contributed by atoms with van der Waals surface area (Å²) in [4.78, 5) is 26.6. The lowest BCUT2D eigenvalue weighted by molar-refractivity contribution is -0.303. The molecule has 170 valence electrons. The highest BCUT2D eigenvalue weighted by Gasteiger charge is 2.44. The lowest BCUT2D eigenvalue weighted by atomic mass is 9.82. The maximum Gasteiger partial charge on any atom is 0.365 e. The quantitative estimate of drug-likeness (QED) is 0.504. The summed E-state index contributed by atoms with van der Waals surface area (Å²) >= 11 is 0. The summed E-state index contributed by atoms with van der Waals surface area (Å²) in [6.07, 6.45) is 6.59. The van der Waals surface area contributed by atoms with Crippen LogP contribution in [0.3, 0.4) is 0 Å². The Morgan fingerprint density at radius 3 is 2.53 bits per heavy atom. The van der Waals surface area contributed by atoms with E-state index < -0.39 is 6.10 Å². The minimum atomic E-state index is -0.635. The Hall–Kier alpha value is -0.700. The van der Waals surface area contributed by atoms with Gasteiger partial charge in [-0.2, -0.15) is 5.06 Å². The van der Waals surface area contributed by atoms with Gasteiger partial charge in [-0.05, 0) is 92.6 Å². The summed E-state index contributed by atoms with van der Waals surface area (Å²) in [5.74, 6) is 0.859. The third-order valence-electron chi connectivity index (χ3n) is 6.04. The number of aromatic nitrogens is 2. The minimum Gasteiger partial charge on any atom is -0.316 e.